The van der Waals surface area contributed by atoms with Crippen molar-refractivity contribution in [1.29, 1.82) is 0 Å². The molecule has 2 N–H and O–H groups in total. The van der Waals surface area contributed by atoms with Crippen LogP contribution in [-0.4, -0.2) is 40.6 Å². The van der Waals surface area contributed by atoms with Crippen LogP contribution in [0.2, 0.25) is 0 Å². The Labute approximate surface area is 127 Å². The van der Waals surface area contributed by atoms with E-state index in [0.717, 1.165) is 5.46 Å². The molecule has 0 atom stereocenters. The van der Waals surface area contributed by atoms with E-state index in [1.54, 1.807) is 6.20 Å². The lowest BCUT2D eigenvalue weighted by Crippen LogP contribution is -2.41. The minimum atomic E-state index is -0.404. The van der Waals surface area contributed by atoms with E-state index in [4.69, 9.17) is 9.31 Å². The zero-order valence-electron chi connectivity index (χ0n) is 13.7. The average molecular weight is 292 g/mol. The number of pyridine rings is 1. The van der Waals surface area contributed by atoms with Crippen molar-refractivity contribution in [2.45, 2.75) is 58.3 Å². The predicted molar refractivity (Wildman–Crippen MR) is 84.7 cm³/mol. The van der Waals surface area contributed by atoms with Gasteiger partial charge < -0.3 is 19.7 Å². The number of hydrogen-bond donors (Lipinski definition) is 2. The summed E-state index contributed by atoms with van der Waals surface area (Å²) in [6, 6.07) is 3.81. The Balaban J connectivity index is 2.11. The first-order valence-electron chi connectivity index (χ1n) is 7.27. The predicted octanol–water partition coefficient (Wildman–Crippen LogP) is 1.56. The maximum Gasteiger partial charge on any atom is 0.496 e. The van der Waals surface area contributed by atoms with Crippen LogP contribution >= 0.6 is 0 Å². The van der Waals surface area contributed by atoms with Crippen molar-refractivity contribution in [2.75, 3.05) is 11.9 Å². The molecule has 2 heterocycles. The molecule has 0 amide bonds. The molecule has 0 aromatic carbocycles. The number of aliphatic hydroxyl groups excluding tert-OH is 1. The quantitative estimate of drug-likeness (QED) is 0.825. The van der Waals surface area contributed by atoms with E-state index >= 15 is 0 Å². The summed E-state index contributed by atoms with van der Waals surface area (Å²) in [6.45, 7) is 12.0. The number of nitrogens with zero attached hydrogens (tertiary/aromatic N) is 1. The van der Waals surface area contributed by atoms with E-state index in [1.165, 1.54) is 0 Å². The van der Waals surface area contributed by atoms with E-state index in [1.807, 2.05) is 53.7 Å². The van der Waals surface area contributed by atoms with Crippen LogP contribution in [0.1, 0.15) is 41.5 Å². The Hall–Kier alpha value is -1.11. The van der Waals surface area contributed by atoms with Crippen LogP contribution in [-0.2, 0) is 9.31 Å². The third-order valence-electron chi connectivity index (χ3n) is 4.17. The summed E-state index contributed by atoms with van der Waals surface area (Å²) in [5, 5.41) is 12.4. The van der Waals surface area contributed by atoms with Gasteiger partial charge in [-0.2, -0.15) is 0 Å². The van der Waals surface area contributed by atoms with Crippen molar-refractivity contribution in [3.8, 4) is 0 Å². The van der Waals surface area contributed by atoms with Crippen LogP contribution in [0.5, 0.6) is 0 Å². The van der Waals surface area contributed by atoms with Crippen LogP contribution in [0.25, 0.3) is 0 Å². The Morgan fingerprint density at radius 1 is 1.19 bits per heavy atom. The molecule has 0 radical (unpaired) electrons. The van der Waals surface area contributed by atoms with E-state index in [2.05, 4.69) is 10.3 Å². The van der Waals surface area contributed by atoms with Gasteiger partial charge in [-0.15, -0.1) is 0 Å². The van der Waals surface area contributed by atoms with Gasteiger partial charge in [0.1, 0.15) is 5.82 Å². The molecular formula is C15H25BN2O3. The molecule has 0 unspecified atom stereocenters. The van der Waals surface area contributed by atoms with E-state index in [9.17, 15) is 5.11 Å². The number of aliphatic hydroxyl groups is 1. The Bertz CT molecular complexity index is 484. The Kier molecular flexibility index (Phi) is 4.08. The summed E-state index contributed by atoms with van der Waals surface area (Å²) < 4.78 is 12.0. The van der Waals surface area contributed by atoms with Gasteiger partial charge in [-0.3, -0.25) is 0 Å². The van der Waals surface area contributed by atoms with Crippen LogP contribution in [0.15, 0.2) is 18.3 Å². The molecule has 1 fully saturated rings. The smallest absolute Gasteiger partial charge is 0.399 e. The first-order valence-corrected chi connectivity index (χ1v) is 7.27. The molecule has 5 nitrogen and oxygen atoms in total. The summed E-state index contributed by atoms with van der Waals surface area (Å²) >= 11 is 0. The standard InChI is InChI=1S/C15H25BN2O3/c1-13(2,10-19)18-12-8-7-11(9-17-12)16-20-14(3,4)15(5,6)21-16/h7-9,19H,10H2,1-6H3,(H,17,18). The molecule has 0 saturated carbocycles. The normalized spacial score (nSPS) is 20.6. The third kappa shape index (κ3) is 3.39. The molecule has 1 aromatic rings. The minimum Gasteiger partial charge on any atom is -0.399 e. The van der Waals surface area contributed by atoms with Gasteiger partial charge in [0.15, 0.2) is 0 Å². The molecule has 6 heteroatoms. The summed E-state index contributed by atoms with van der Waals surface area (Å²) in [5.41, 5.74) is -0.221. The maximum atomic E-state index is 9.27. The molecule has 1 saturated heterocycles. The number of anilines is 1. The van der Waals surface area contributed by atoms with Gasteiger partial charge in [0.25, 0.3) is 0 Å². The summed E-state index contributed by atoms with van der Waals surface area (Å²) in [6.07, 6.45) is 1.75. The molecule has 1 aromatic heterocycles. The second kappa shape index (κ2) is 5.27. The van der Waals surface area contributed by atoms with Gasteiger partial charge in [-0.05, 0) is 47.6 Å². The summed E-state index contributed by atoms with van der Waals surface area (Å²) in [7, 11) is -0.401. The van der Waals surface area contributed by atoms with Crippen LogP contribution in [0, 0.1) is 0 Å². The lowest BCUT2D eigenvalue weighted by Gasteiger charge is -2.32. The second-order valence-electron chi connectivity index (χ2n) is 7.23. The van der Waals surface area contributed by atoms with Gasteiger partial charge in [0.2, 0.25) is 0 Å². The number of aromatic nitrogens is 1. The SMILES string of the molecule is CC(C)(CO)Nc1ccc(B2OC(C)(C)C(C)(C)O2)cn1. The third-order valence-corrected chi connectivity index (χ3v) is 4.17. The molecule has 1 aliphatic heterocycles. The highest BCUT2D eigenvalue weighted by molar-refractivity contribution is 6.62. The largest absolute Gasteiger partial charge is 0.496 e. The molecular weight excluding hydrogens is 267 g/mol. The zero-order valence-corrected chi connectivity index (χ0v) is 13.7. The topological polar surface area (TPSA) is 63.6 Å². The first kappa shape index (κ1) is 16.3. The maximum absolute atomic E-state index is 9.27. The summed E-state index contributed by atoms with van der Waals surface area (Å²) in [4.78, 5) is 4.37. The van der Waals surface area contributed by atoms with Gasteiger partial charge >= 0.3 is 7.12 Å². The molecule has 116 valence electrons. The molecule has 0 spiro atoms. The van der Waals surface area contributed by atoms with Crippen molar-refractivity contribution >= 4 is 18.4 Å². The molecule has 1 aliphatic rings. The van der Waals surface area contributed by atoms with Crippen molar-refractivity contribution in [3.05, 3.63) is 18.3 Å². The Morgan fingerprint density at radius 3 is 2.19 bits per heavy atom. The fraction of sp³-hybridized carbons (Fsp3) is 0.667. The van der Waals surface area contributed by atoms with Crippen molar-refractivity contribution < 1.29 is 14.4 Å². The average Bonchev–Trinajstić information content (AvgIpc) is 2.59. The molecule has 0 aliphatic carbocycles. The second-order valence-corrected chi connectivity index (χ2v) is 7.23. The monoisotopic (exact) mass is 292 g/mol. The highest BCUT2D eigenvalue weighted by Gasteiger charge is 2.51. The van der Waals surface area contributed by atoms with Crippen LogP contribution < -0.4 is 10.8 Å². The van der Waals surface area contributed by atoms with Gasteiger partial charge in [-0.1, -0.05) is 6.07 Å². The van der Waals surface area contributed by atoms with Crippen molar-refractivity contribution in [1.82, 2.24) is 4.98 Å². The molecule has 0 bridgehead atoms. The number of rotatable bonds is 4. The van der Waals surface area contributed by atoms with E-state index in [0.29, 0.717) is 5.82 Å². The number of nitrogens with one attached hydrogen (secondary N) is 1. The fourth-order valence-electron chi connectivity index (χ4n) is 1.98. The fourth-order valence-corrected chi connectivity index (χ4v) is 1.98. The van der Waals surface area contributed by atoms with Crippen molar-refractivity contribution in [3.63, 3.8) is 0 Å². The lowest BCUT2D eigenvalue weighted by atomic mass is 9.80. The zero-order chi connectivity index (χ0) is 15.9. The highest BCUT2D eigenvalue weighted by Crippen LogP contribution is 2.36. The first-order chi connectivity index (χ1) is 9.56. The molecule has 2 rings (SSSR count). The lowest BCUT2D eigenvalue weighted by molar-refractivity contribution is 0.00578. The van der Waals surface area contributed by atoms with Gasteiger partial charge in [0.05, 0.1) is 23.3 Å². The van der Waals surface area contributed by atoms with Crippen LogP contribution in [0.3, 0.4) is 0 Å². The van der Waals surface area contributed by atoms with E-state index < -0.39 is 12.7 Å². The molecule has 21 heavy (non-hydrogen) atoms. The van der Waals surface area contributed by atoms with Gasteiger partial charge in [0, 0.05) is 11.7 Å². The number of hydrogen-bond acceptors (Lipinski definition) is 5. The summed E-state index contributed by atoms with van der Waals surface area (Å²) in [5.74, 6) is 0.717. The van der Waals surface area contributed by atoms with E-state index in [-0.39, 0.29) is 17.8 Å². The Morgan fingerprint density at radius 2 is 1.76 bits per heavy atom. The van der Waals surface area contributed by atoms with Crippen LogP contribution in [0.4, 0.5) is 5.82 Å². The minimum absolute atomic E-state index is 0.0354. The van der Waals surface area contributed by atoms with Crippen molar-refractivity contribution in [2.24, 2.45) is 0 Å². The highest BCUT2D eigenvalue weighted by atomic mass is 16.7. The van der Waals surface area contributed by atoms with Gasteiger partial charge in [-0.25, -0.2) is 4.98 Å².